The Morgan fingerprint density at radius 3 is 2.44 bits per heavy atom. The molecule has 0 radical (unpaired) electrons. The van der Waals surface area contributed by atoms with Gasteiger partial charge in [-0.05, 0) is 31.2 Å². The molecule has 0 aliphatic heterocycles. The number of methoxy groups -OCH3 is 1. The number of carboxylic acids is 1. The van der Waals surface area contributed by atoms with Gasteiger partial charge in [-0.3, -0.25) is 4.79 Å². The fraction of sp³-hybridized carbons (Fsp3) is 0.278. The van der Waals surface area contributed by atoms with Gasteiger partial charge in [0.2, 0.25) is 0 Å². The molecule has 132 valence electrons. The Labute approximate surface area is 146 Å². The second kappa shape index (κ2) is 7.76. The molecule has 1 atom stereocenters. The van der Waals surface area contributed by atoms with E-state index in [-0.39, 0.29) is 12.2 Å². The maximum atomic E-state index is 12.3. The molecule has 0 saturated heterocycles. The molecule has 2 N–H and O–H groups in total. The summed E-state index contributed by atoms with van der Waals surface area (Å²) in [5, 5.41) is 11.8. The maximum Gasteiger partial charge on any atom is 0.331 e. The third kappa shape index (κ3) is 4.33. The number of aliphatic carboxylic acids is 1. The summed E-state index contributed by atoms with van der Waals surface area (Å²) >= 11 is 0. The normalized spacial score (nSPS) is 12.9. The first-order valence-corrected chi connectivity index (χ1v) is 7.67. The lowest BCUT2D eigenvalue weighted by molar-refractivity contribution is -0.145. The smallest absolute Gasteiger partial charge is 0.331 e. The van der Waals surface area contributed by atoms with Crippen molar-refractivity contribution in [2.75, 3.05) is 25.7 Å². The topological polar surface area (TPSA) is 91.8 Å². The minimum absolute atomic E-state index is 0.143. The van der Waals surface area contributed by atoms with Crippen molar-refractivity contribution in [3.63, 3.8) is 0 Å². The summed E-state index contributed by atoms with van der Waals surface area (Å²) in [7, 11) is 3.25. The SMILES string of the molecule is COCC(C)(NC(=O)c1ccc(N(C)c2ccccc2)nc1)C(=O)O. The van der Waals surface area contributed by atoms with Crippen molar-refractivity contribution in [2.45, 2.75) is 12.5 Å². The van der Waals surface area contributed by atoms with Gasteiger partial charge in [0.15, 0.2) is 5.54 Å². The van der Waals surface area contributed by atoms with E-state index in [4.69, 9.17) is 4.74 Å². The minimum Gasteiger partial charge on any atom is -0.479 e. The van der Waals surface area contributed by atoms with Crippen LogP contribution in [0.5, 0.6) is 0 Å². The minimum atomic E-state index is -1.51. The van der Waals surface area contributed by atoms with Gasteiger partial charge in [-0.15, -0.1) is 0 Å². The van der Waals surface area contributed by atoms with Crippen LogP contribution in [0.25, 0.3) is 0 Å². The van der Waals surface area contributed by atoms with E-state index < -0.39 is 17.4 Å². The van der Waals surface area contributed by atoms with Gasteiger partial charge in [0.05, 0.1) is 12.2 Å². The number of ether oxygens (including phenoxy) is 1. The zero-order valence-electron chi connectivity index (χ0n) is 14.4. The molecule has 0 saturated carbocycles. The summed E-state index contributed by atoms with van der Waals surface area (Å²) in [6, 6.07) is 13.0. The van der Waals surface area contributed by atoms with Crippen LogP contribution in [0.3, 0.4) is 0 Å². The first-order chi connectivity index (χ1) is 11.9. The lowest BCUT2D eigenvalue weighted by Crippen LogP contribution is -2.55. The first kappa shape index (κ1) is 18.4. The number of nitrogens with one attached hydrogen (secondary N) is 1. The molecule has 2 rings (SSSR count). The number of hydrogen-bond donors (Lipinski definition) is 2. The standard InChI is InChI=1S/C18H21N3O4/c1-18(12-25-3,17(23)24)20-16(22)13-9-10-15(19-11-13)21(2)14-7-5-4-6-8-14/h4-11H,12H2,1-3H3,(H,20,22)(H,23,24). The van der Waals surface area contributed by atoms with E-state index in [0.717, 1.165) is 5.69 Å². The van der Waals surface area contributed by atoms with Gasteiger partial charge in [0.1, 0.15) is 5.82 Å². The Kier molecular flexibility index (Phi) is 5.71. The summed E-state index contributed by atoms with van der Waals surface area (Å²) in [5.74, 6) is -1.03. The number of pyridine rings is 1. The average Bonchev–Trinajstić information content (AvgIpc) is 2.62. The van der Waals surface area contributed by atoms with Crippen molar-refractivity contribution >= 4 is 23.4 Å². The van der Waals surface area contributed by atoms with E-state index in [1.54, 1.807) is 12.1 Å². The van der Waals surface area contributed by atoms with Crippen LogP contribution in [0, 0.1) is 0 Å². The van der Waals surface area contributed by atoms with Crippen molar-refractivity contribution in [3.05, 3.63) is 54.2 Å². The largest absolute Gasteiger partial charge is 0.479 e. The Morgan fingerprint density at radius 1 is 1.24 bits per heavy atom. The predicted molar refractivity (Wildman–Crippen MR) is 94.1 cm³/mol. The van der Waals surface area contributed by atoms with Gasteiger partial charge in [-0.2, -0.15) is 0 Å². The van der Waals surface area contributed by atoms with Crippen LogP contribution in [0.2, 0.25) is 0 Å². The van der Waals surface area contributed by atoms with Crippen LogP contribution in [0.4, 0.5) is 11.5 Å². The molecule has 7 heteroatoms. The van der Waals surface area contributed by atoms with Crippen LogP contribution in [-0.2, 0) is 9.53 Å². The van der Waals surface area contributed by atoms with Crippen molar-refractivity contribution in [1.82, 2.24) is 10.3 Å². The third-order valence-electron chi connectivity index (χ3n) is 3.79. The maximum absolute atomic E-state index is 12.3. The summed E-state index contributed by atoms with van der Waals surface area (Å²) in [6.07, 6.45) is 1.42. The number of amides is 1. The second-order valence-electron chi connectivity index (χ2n) is 5.82. The van der Waals surface area contributed by atoms with E-state index in [1.807, 2.05) is 42.3 Å². The lowest BCUT2D eigenvalue weighted by atomic mass is 10.0. The van der Waals surface area contributed by atoms with Gasteiger partial charge >= 0.3 is 5.97 Å². The summed E-state index contributed by atoms with van der Waals surface area (Å²) in [6.45, 7) is 1.25. The van der Waals surface area contributed by atoms with Crippen molar-refractivity contribution in [3.8, 4) is 0 Å². The molecule has 7 nitrogen and oxygen atoms in total. The van der Waals surface area contributed by atoms with Crippen molar-refractivity contribution < 1.29 is 19.4 Å². The van der Waals surface area contributed by atoms with Crippen molar-refractivity contribution in [2.24, 2.45) is 0 Å². The molecule has 0 aliphatic rings. The fourth-order valence-corrected chi connectivity index (χ4v) is 2.27. The Morgan fingerprint density at radius 2 is 1.92 bits per heavy atom. The molecule has 25 heavy (non-hydrogen) atoms. The lowest BCUT2D eigenvalue weighted by Gasteiger charge is -2.25. The Bertz CT molecular complexity index is 734. The zero-order chi connectivity index (χ0) is 18.4. The highest BCUT2D eigenvalue weighted by Crippen LogP contribution is 2.21. The number of anilines is 2. The van der Waals surface area contributed by atoms with E-state index in [1.165, 1.54) is 20.2 Å². The first-order valence-electron chi connectivity index (χ1n) is 7.67. The second-order valence-corrected chi connectivity index (χ2v) is 5.82. The number of carbonyl (C=O) groups is 2. The van der Waals surface area contributed by atoms with Crippen LogP contribution in [0.1, 0.15) is 17.3 Å². The molecule has 1 heterocycles. The van der Waals surface area contributed by atoms with Gasteiger partial charge in [0.25, 0.3) is 5.91 Å². The molecule has 1 unspecified atom stereocenters. The highest BCUT2D eigenvalue weighted by atomic mass is 16.5. The van der Waals surface area contributed by atoms with Crippen LogP contribution < -0.4 is 10.2 Å². The van der Waals surface area contributed by atoms with Crippen LogP contribution >= 0.6 is 0 Å². The van der Waals surface area contributed by atoms with Gasteiger partial charge in [-0.25, -0.2) is 9.78 Å². The van der Waals surface area contributed by atoms with E-state index in [2.05, 4.69) is 10.3 Å². The molecule has 0 aliphatic carbocycles. The molecule has 2 aromatic rings. The molecule has 1 aromatic carbocycles. The van der Waals surface area contributed by atoms with Gasteiger partial charge < -0.3 is 20.1 Å². The zero-order valence-corrected chi connectivity index (χ0v) is 14.4. The molecular weight excluding hydrogens is 322 g/mol. The fourth-order valence-electron chi connectivity index (χ4n) is 2.27. The summed E-state index contributed by atoms with van der Waals surface area (Å²) < 4.78 is 4.89. The highest BCUT2D eigenvalue weighted by molar-refractivity contribution is 5.97. The summed E-state index contributed by atoms with van der Waals surface area (Å²) in [4.78, 5) is 29.8. The molecule has 0 fully saturated rings. The van der Waals surface area contributed by atoms with Crippen molar-refractivity contribution in [1.29, 1.82) is 0 Å². The highest BCUT2D eigenvalue weighted by Gasteiger charge is 2.35. The number of carboxylic acid groups (broad SMARTS) is 1. The number of para-hydroxylation sites is 1. The van der Waals surface area contributed by atoms with Crippen LogP contribution in [-0.4, -0.2) is 48.3 Å². The predicted octanol–water partition coefficient (Wildman–Crippen LogP) is 2.07. The monoisotopic (exact) mass is 343 g/mol. The number of benzene rings is 1. The van der Waals surface area contributed by atoms with Crippen LogP contribution in [0.15, 0.2) is 48.7 Å². The number of aromatic nitrogens is 1. The molecule has 1 amide bonds. The number of nitrogens with zero attached hydrogens (tertiary/aromatic N) is 2. The molecular formula is C18H21N3O4. The molecule has 0 spiro atoms. The van der Waals surface area contributed by atoms with E-state index >= 15 is 0 Å². The number of carbonyl (C=O) groups excluding carboxylic acids is 1. The van der Waals surface area contributed by atoms with E-state index in [9.17, 15) is 14.7 Å². The quantitative estimate of drug-likeness (QED) is 0.800. The number of rotatable bonds is 7. The number of hydrogen-bond acceptors (Lipinski definition) is 5. The Hall–Kier alpha value is -2.93. The molecule has 0 bridgehead atoms. The third-order valence-corrected chi connectivity index (χ3v) is 3.79. The van der Waals surface area contributed by atoms with Gasteiger partial charge in [0, 0.05) is 26.0 Å². The van der Waals surface area contributed by atoms with E-state index in [0.29, 0.717) is 5.82 Å². The average molecular weight is 343 g/mol. The summed E-state index contributed by atoms with van der Waals surface area (Å²) in [5.41, 5.74) is -0.273. The Balaban J connectivity index is 2.14. The van der Waals surface area contributed by atoms with Gasteiger partial charge in [-0.1, -0.05) is 18.2 Å². The molecule has 1 aromatic heterocycles.